The molecule has 2 atom stereocenters. The molecule has 0 amide bonds. The molecular formula is C25H33ClN6O3. The Morgan fingerprint density at radius 1 is 1.26 bits per heavy atom. The van der Waals surface area contributed by atoms with Gasteiger partial charge in [-0.05, 0) is 64.2 Å². The van der Waals surface area contributed by atoms with Crippen molar-refractivity contribution in [2.24, 2.45) is 13.0 Å². The predicted octanol–water partition coefficient (Wildman–Crippen LogP) is 3.69. The van der Waals surface area contributed by atoms with Crippen LogP contribution in [0.25, 0.3) is 11.0 Å². The minimum absolute atomic E-state index is 0.115. The smallest absolute Gasteiger partial charge is 0.328 e. The van der Waals surface area contributed by atoms with Crippen LogP contribution in [0.15, 0.2) is 29.2 Å². The van der Waals surface area contributed by atoms with Crippen molar-refractivity contribution < 1.29 is 9.84 Å². The molecule has 2 aliphatic rings. The van der Waals surface area contributed by atoms with E-state index in [-0.39, 0.29) is 17.9 Å². The molecule has 9 nitrogen and oxygen atoms in total. The number of anilines is 3. The van der Waals surface area contributed by atoms with Crippen LogP contribution in [0.2, 0.25) is 5.02 Å². The average Bonchev–Trinajstić information content (AvgIpc) is 3.61. The Labute approximate surface area is 209 Å². The SMILES string of the molecule is C[C@@H]1CN(c2ncc(Cl)c(Nc3ccc4c(c3)n(CCC(C)(C)O)c(=O)n4C)n2)C[C@H](C2CC2)O1. The van der Waals surface area contributed by atoms with Crippen LogP contribution in [0.4, 0.5) is 17.5 Å². The van der Waals surface area contributed by atoms with Crippen LogP contribution in [0, 0.1) is 5.92 Å². The zero-order valence-electron chi connectivity index (χ0n) is 20.7. The van der Waals surface area contributed by atoms with Gasteiger partial charge in [-0.25, -0.2) is 9.78 Å². The fourth-order valence-corrected chi connectivity index (χ4v) is 4.84. The van der Waals surface area contributed by atoms with E-state index < -0.39 is 5.60 Å². The minimum Gasteiger partial charge on any atom is -0.390 e. The summed E-state index contributed by atoms with van der Waals surface area (Å²) in [6.07, 6.45) is 4.87. The maximum Gasteiger partial charge on any atom is 0.328 e. The molecule has 1 aliphatic heterocycles. The van der Waals surface area contributed by atoms with Crippen molar-refractivity contribution in [2.45, 2.75) is 64.4 Å². The van der Waals surface area contributed by atoms with E-state index in [1.165, 1.54) is 12.8 Å². The quantitative estimate of drug-likeness (QED) is 0.510. The number of aryl methyl sites for hydroxylation is 2. The lowest BCUT2D eigenvalue weighted by atomic mass is 10.1. The van der Waals surface area contributed by atoms with E-state index in [1.807, 2.05) is 18.2 Å². The Morgan fingerprint density at radius 2 is 2.03 bits per heavy atom. The van der Waals surface area contributed by atoms with Crippen LogP contribution in [-0.2, 0) is 18.3 Å². The number of imidazole rings is 1. The van der Waals surface area contributed by atoms with Crippen LogP contribution >= 0.6 is 11.6 Å². The number of nitrogens with one attached hydrogen (secondary N) is 1. The maximum atomic E-state index is 12.8. The van der Waals surface area contributed by atoms with E-state index in [2.05, 4.69) is 22.1 Å². The van der Waals surface area contributed by atoms with Crippen molar-refractivity contribution in [3.63, 3.8) is 0 Å². The molecule has 0 radical (unpaired) electrons. The summed E-state index contributed by atoms with van der Waals surface area (Å²) in [6.45, 7) is 7.50. The third kappa shape index (κ3) is 5.17. The summed E-state index contributed by atoms with van der Waals surface area (Å²) in [5.74, 6) is 1.77. The second-order valence-electron chi connectivity index (χ2n) is 10.5. The van der Waals surface area contributed by atoms with Crippen molar-refractivity contribution in [1.29, 1.82) is 0 Å². The van der Waals surface area contributed by atoms with Crippen LogP contribution in [0.3, 0.4) is 0 Å². The zero-order valence-corrected chi connectivity index (χ0v) is 21.4. The maximum absolute atomic E-state index is 12.8. The topological polar surface area (TPSA) is 97.4 Å². The van der Waals surface area contributed by atoms with Gasteiger partial charge in [0.15, 0.2) is 5.82 Å². The van der Waals surface area contributed by atoms with Gasteiger partial charge in [-0.1, -0.05) is 11.6 Å². The van der Waals surface area contributed by atoms with Gasteiger partial charge in [-0.15, -0.1) is 0 Å². The highest BCUT2D eigenvalue weighted by Crippen LogP contribution is 2.37. The average molecular weight is 501 g/mol. The Hall–Kier alpha value is -2.62. The van der Waals surface area contributed by atoms with Gasteiger partial charge in [0.2, 0.25) is 5.95 Å². The van der Waals surface area contributed by atoms with E-state index in [4.69, 9.17) is 21.3 Å². The lowest BCUT2D eigenvalue weighted by Gasteiger charge is -2.37. The van der Waals surface area contributed by atoms with Gasteiger partial charge < -0.3 is 20.1 Å². The monoisotopic (exact) mass is 500 g/mol. The third-order valence-corrected chi connectivity index (χ3v) is 7.08. The van der Waals surface area contributed by atoms with Gasteiger partial charge in [-0.3, -0.25) is 9.13 Å². The summed E-state index contributed by atoms with van der Waals surface area (Å²) in [5.41, 5.74) is 1.39. The van der Waals surface area contributed by atoms with Gasteiger partial charge in [0.1, 0.15) is 5.02 Å². The summed E-state index contributed by atoms with van der Waals surface area (Å²) in [7, 11) is 1.75. The minimum atomic E-state index is -0.863. The number of morpholine rings is 1. The normalized spacial score (nSPS) is 21.0. The van der Waals surface area contributed by atoms with Crippen molar-refractivity contribution >= 4 is 40.1 Å². The summed E-state index contributed by atoms with van der Waals surface area (Å²) in [4.78, 5) is 24.2. The van der Waals surface area contributed by atoms with E-state index >= 15 is 0 Å². The summed E-state index contributed by atoms with van der Waals surface area (Å²) < 4.78 is 9.44. The number of ether oxygens (including phenoxy) is 1. The van der Waals surface area contributed by atoms with E-state index in [9.17, 15) is 9.90 Å². The van der Waals surface area contributed by atoms with Crippen LogP contribution in [-0.4, -0.2) is 55.1 Å². The van der Waals surface area contributed by atoms with Gasteiger partial charge in [0.05, 0.1) is 35.0 Å². The van der Waals surface area contributed by atoms with Crippen LogP contribution < -0.4 is 15.9 Å². The predicted molar refractivity (Wildman–Crippen MR) is 138 cm³/mol. The standard InChI is InChI=1S/C25H33ClN6O3/c1-15-13-31(14-21(35-15)16-5-6-16)23-27-12-18(26)22(29-23)28-17-7-8-19-20(11-17)32(24(33)30(19)4)10-9-25(2,3)34/h7-8,11-12,15-16,21,34H,5-6,9-10,13-14H2,1-4H3,(H,27,28,29)/t15-,21-/m1/s1. The third-order valence-electron chi connectivity index (χ3n) is 6.80. The Balaban J connectivity index is 1.42. The number of aliphatic hydroxyl groups is 1. The van der Waals surface area contributed by atoms with Crippen molar-refractivity contribution in [3.05, 3.63) is 39.9 Å². The summed E-state index contributed by atoms with van der Waals surface area (Å²) in [6, 6.07) is 5.72. The molecule has 35 heavy (non-hydrogen) atoms. The molecule has 0 bridgehead atoms. The lowest BCUT2D eigenvalue weighted by Crippen LogP contribution is -2.48. The van der Waals surface area contributed by atoms with Gasteiger partial charge in [0, 0.05) is 32.4 Å². The van der Waals surface area contributed by atoms with Gasteiger partial charge in [0.25, 0.3) is 0 Å². The highest BCUT2D eigenvalue weighted by atomic mass is 35.5. The van der Waals surface area contributed by atoms with Gasteiger partial charge in [-0.2, -0.15) is 4.98 Å². The molecule has 2 N–H and O–H groups in total. The fourth-order valence-electron chi connectivity index (χ4n) is 4.70. The number of hydrogen-bond donors (Lipinski definition) is 2. The Kier molecular flexibility index (Phi) is 6.27. The first-order chi connectivity index (χ1) is 16.6. The molecule has 1 aromatic carbocycles. The first-order valence-corrected chi connectivity index (χ1v) is 12.6. The first-order valence-electron chi connectivity index (χ1n) is 12.2. The van der Waals surface area contributed by atoms with Crippen molar-refractivity contribution in [1.82, 2.24) is 19.1 Å². The second kappa shape index (κ2) is 9.11. The molecule has 2 aromatic heterocycles. The molecule has 5 rings (SSSR count). The molecule has 2 fully saturated rings. The Morgan fingerprint density at radius 3 is 2.74 bits per heavy atom. The summed E-state index contributed by atoms with van der Waals surface area (Å²) >= 11 is 6.46. The number of fused-ring (bicyclic) bond motifs is 1. The second-order valence-corrected chi connectivity index (χ2v) is 10.9. The largest absolute Gasteiger partial charge is 0.390 e. The summed E-state index contributed by atoms with van der Waals surface area (Å²) in [5, 5.41) is 13.9. The molecule has 10 heteroatoms. The fraction of sp³-hybridized carbons (Fsp3) is 0.560. The molecular weight excluding hydrogens is 468 g/mol. The number of rotatable bonds is 7. The van der Waals surface area contributed by atoms with Crippen LogP contribution in [0.5, 0.6) is 0 Å². The number of hydrogen-bond acceptors (Lipinski definition) is 7. The number of benzene rings is 1. The lowest BCUT2D eigenvalue weighted by molar-refractivity contribution is -0.0276. The van der Waals surface area contributed by atoms with E-state index in [0.29, 0.717) is 35.7 Å². The molecule has 3 heterocycles. The molecule has 188 valence electrons. The van der Waals surface area contributed by atoms with Crippen molar-refractivity contribution in [3.8, 4) is 0 Å². The first kappa shape index (κ1) is 24.1. The highest BCUT2D eigenvalue weighted by Gasteiger charge is 2.38. The Bertz CT molecular complexity index is 1290. The number of aromatic nitrogens is 4. The van der Waals surface area contributed by atoms with Crippen molar-refractivity contribution in [2.75, 3.05) is 23.3 Å². The van der Waals surface area contributed by atoms with E-state index in [1.54, 1.807) is 36.2 Å². The molecule has 3 aromatic rings. The zero-order chi connectivity index (χ0) is 24.9. The molecule has 1 saturated carbocycles. The molecule has 1 saturated heterocycles. The molecule has 1 aliphatic carbocycles. The van der Waals surface area contributed by atoms with E-state index in [0.717, 1.165) is 29.8 Å². The van der Waals surface area contributed by atoms with Crippen LogP contribution in [0.1, 0.15) is 40.0 Å². The number of halogens is 1. The van der Waals surface area contributed by atoms with Gasteiger partial charge >= 0.3 is 5.69 Å². The number of nitrogens with zero attached hydrogens (tertiary/aromatic N) is 5. The molecule has 0 unspecified atom stereocenters. The molecule has 0 spiro atoms. The highest BCUT2D eigenvalue weighted by molar-refractivity contribution is 6.32.